The third kappa shape index (κ3) is 3.37. The second-order valence-corrected chi connectivity index (χ2v) is 10.2. The summed E-state index contributed by atoms with van der Waals surface area (Å²) < 4.78 is 4.87. The van der Waals surface area contributed by atoms with Gasteiger partial charge in [-0.3, -0.25) is 19.3 Å². The first-order valence-electron chi connectivity index (χ1n) is 11.6. The lowest BCUT2D eigenvalue weighted by atomic mass is 9.53. The van der Waals surface area contributed by atoms with Crippen LogP contribution in [0.25, 0.3) is 0 Å². The molecule has 1 aromatic rings. The van der Waals surface area contributed by atoms with Gasteiger partial charge in [0, 0.05) is 31.3 Å². The third-order valence-corrected chi connectivity index (χ3v) is 7.93. The zero-order valence-corrected chi connectivity index (χ0v) is 20.8. The molecular formula is C25H31N3O8. The summed E-state index contributed by atoms with van der Waals surface area (Å²) in [5, 5.41) is 34.2. The van der Waals surface area contributed by atoms with Crippen molar-refractivity contribution >= 4 is 29.1 Å². The molecule has 0 radical (unpaired) electrons. The van der Waals surface area contributed by atoms with Crippen LogP contribution in [0.15, 0.2) is 23.5 Å². The standard InChI is InChI=1S/C25H31N3O8/c1-27(2)14-7-6-11(24(34)36-5)16-12(14)8-10-9-13-18(28(3)4)20(30)17(23(26)33)22(32)25(13,35)21(31)15(10)19(16)29/h6-7,10,13,15,18,21,31-32,35H,8-9H2,1-5H3,(H2,26,33)/t10-,13-,15?,18-,21?,25-/m0/s1. The Hall–Kier alpha value is -3.28. The number of ketones is 2. The van der Waals surface area contributed by atoms with E-state index in [4.69, 9.17) is 10.5 Å². The molecule has 1 saturated carbocycles. The highest BCUT2D eigenvalue weighted by Gasteiger charge is 2.66. The summed E-state index contributed by atoms with van der Waals surface area (Å²) in [4.78, 5) is 55.0. The highest BCUT2D eigenvalue weighted by Crippen LogP contribution is 2.54. The van der Waals surface area contributed by atoms with E-state index in [1.807, 2.05) is 4.90 Å². The van der Waals surface area contributed by atoms with E-state index in [9.17, 15) is 34.5 Å². The van der Waals surface area contributed by atoms with Crippen molar-refractivity contribution in [1.82, 2.24) is 4.90 Å². The zero-order chi connectivity index (χ0) is 26.9. The number of nitrogens with zero attached hydrogens (tertiary/aromatic N) is 2. The number of hydrogen-bond acceptors (Lipinski definition) is 10. The highest BCUT2D eigenvalue weighted by atomic mass is 16.5. The van der Waals surface area contributed by atoms with Crippen LogP contribution in [0.3, 0.4) is 0 Å². The van der Waals surface area contributed by atoms with Crippen molar-refractivity contribution in [3.05, 3.63) is 40.2 Å². The number of Topliss-reactive ketones (excluding diaryl/α,β-unsaturated/α-hetero) is 2. The van der Waals surface area contributed by atoms with Crippen molar-refractivity contribution in [2.75, 3.05) is 40.2 Å². The van der Waals surface area contributed by atoms with Crippen LogP contribution in [0, 0.1) is 17.8 Å². The van der Waals surface area contributed by atoms with Gasteiger partial charge in [-0.05, 0) is 50.6 Å². The Morgan fingerprint density at radius 1 is 1.14 bits per heavy atom. The van der Waals surface area contributed by atoms with Gasteiger partial charge in [-0.1, -0.05) is 0 Å². The lowest BCUT2D eigenvalue weighted by Crippen LogP contribution is -2.69. The second kappa shape index (κ2) is 8.68. The average Bonchev–Trinajstić information content (AvgIpc) is 2.79. The summed E-state index contributed by atoms with van der Waals surface area (Å²) in [6, 6.07) is 2.12. The Balaban J connectivity index is 1.94. The second-order valence-electron chi connectivity index (χ2n) is 10.2. The summed E-state index contributed by atoms with van der Waals surface area (Å²) in [6.45, 7) is 0. The third-order valence-electron chi connectivity index (χ3n) is 7.93. The highest BCUT2D eigenvalue weighted by molar-refractivity contribution is 6.22. The van der Waals surface area contributed by atoms with Crippen LogP contribution in [0.2, 0.25) is 0 Å². The first kappa shape index (κ1) is 25.8. The van der Waals surface area contributed by atoms with Crippen molar-refractivity contribution in [3.63, 3.8) is 0 Å². The lowest BCUT2D eigenvalue weighted by Gasteiger charge is -2.55. The maximum atomic E-state index is 13.9. The number of amides is 1. The van der Waals surface area contributed by atoms with Gasteiger partial charge < -0.3 is 30.7 Å². The molecule has 1 aromatic carbocycles. The molecule has 2 unspecified atom stereocenters. The van der Waals surface area contributed by atoms with E-state index in [0.717, 1.165) is 0 Å². The molecule has 0 spiro atoms. The number of methoxy groups -OCH3 is 1. The molecule has 0 bridgehead atoms. The minimum Gasteiger partial charge on any atom is -0.508 e. The van der Waals surface area contributed by atoms with E-state index in [1.165, 1.54) is 18.1 Å². The maximum absolute atomic E-state index is 13.9. The van der Waals surface area contributed by atoms with Crippen LogP contribution in [0.4, 0.5) is 5.69 Å². The van der Waals surface area contributed by atoms with Crippen molar-refractivity contribution in [1.29, 1.82) is 0 Å². The van der Waals surface area contributed by atoms with Crippen LogP contribution >= 0.6 is 0 Å². The molecule has 0 heterocycles. The number of nitrogens with two attached hydrogens (primary N) is 1. The molecule has 5 N–H and O–H groups in total. The van der Waals surface area contributed by atoms with E-state index < -0.39 is 70.3 Å². The summed E-state index contributed by atoms with van der Waals surface area (Å²) in [5.74, 6) is -7.09. The number of primary amides is 1. The molecular weight excluding hydrogens is 470 g/mol. The van der Waals surface area contributed by atoms with Gasteiger partial charge in [-0.2, -0.15) is 0 Å². The molecule has 6 atom stereocenters. The summed E-state index contributed by atoms with van der Waals surface area (Å²) in [7, 11) is 7.96. The van der Waals surface area contributed by atoms with E-state index >= 15 is 0 Å². The van der Waals surface area contributed by atoms with Gasteiger partial charge in [0.2, 0.25) is 0 Å². The fourth-order valence-corrected chi connectivity index (χ4v) is 6.39. The summed E-state index contributed by atoms with van der Waals surface area (Å²) in [5.41, 5.74) is 3.52. The molecule has 0 aromatic heterocycles. The monoisotopic (exact) mass is 501 g/mol. The number of ether oxygens (including phenoxy) is 1. The molecule has 3 aliphatic carbocycles. The number of aliphatic hydroxyl groups is 3. The van der Waals surface area contributed by atoms with Gasteiger partial charge in [-0.25, -0.2) is 4.79 Å². The Kier molecular flexibility index (Phi) is 6.22. The van der Waals surface area contributed by atoms with Crippen LogP contribution in [-0.2, 0) is 20.7 Å². The van der Waals surface area contributed by atoms with Crippen LogP contribution in [-0.4, -0.2) is 96.7 Å². The largest absolute Gasteiger partial charge is 0.508 e. The Labute approximate surface area is 208 Å². The number of fused-ring (bicyclic) bond motifs is 3. The number of carbonyl (C=O) groups is 4. The fraction of sp³-hybridized carbons (Fsp3) is 0.520. The van der Waals surface area contributed by atoms with Gasteiger partial charge in [0.25, 0.3) is 5.91 Å². The molecule has 11 nitrogen and oxygen atoms in total. The number of benzene rings is 1. The number of aliphatic hydroxyl groups excluding tert-OH is 2. The fourth-order valence-electron chi connectivity index (χ4n) is 6.39. The van der Waals surface area contributed by atoms with E-state index in [-0.39, 0.29) is 24.0 Å². The number of rotatable bonds is 4. The van der Waals surface area contributed by atoms with Gasteiger partial charge >= 0.3 is 5.97 Å². The summed E-state index contributed by atoms with van der Waals surface area (Å²) in [6.07, 6.45) is -1.51. The van der Waals surface area contributed by atoms with Crippen molar-refractivity contribution in [2.24, 2.45) is 23.5 Å². The van der Waals surface area contributed by atoms with Gasteiger partial charge in [0.15, 0.2) is 17.2 Å². The Morgan fingerprint density at radius 3 is 2.31 bits per heavy atom. The van der Waals surface area contributed by atoms with E-state index in [1.54, 1.807) is 34.3 Å². The van der Waals surface area contributed by atoms with E-state index in [2.05, 4.69) is 0 Å². The molecule has 11 heteroatoms. The predicted octanol–water partition coefficient (Wildman–Crippen LogP) is -0.567. The molecule has 4 rings (SSSR count). The molecule has 1 amide bonds. The van der Waals surface area contributed by atoms with Gasteiger partial charge in [-0.15, -0.1) is 0 Å². The van der Waals surface area contributed by atoms with Crippen LogP contribution < -0.4 is 10.6 Å². The first-order chi connectivity index (χ1) is 16.8. The minimum atomic E-state index is -2.48. The number of likely N-dealkylation sites (N-methyl/N-ethyl adjacent to an activating group) is 1. The molecule has 0 aliphatic heterocycles. The average molecular weight is 502 g/mol. The van der Waals surface area contributed by atoms with E-state index in [0.29, 0.717) is 11.3 Å². The quantitative estimate of drug-likeness (QED) is 0.309. The van der Waals surface area contributed by atoms with Crippen LogP contribution in [0.1, 0.15) is 32.7 Å². The Morgan fingerprint density at radius 2 is 1.78 bits per heavy atom. The number of hydrogen-bond donors (Lipinski definition) is 4. The zero-order valence-electron chi connectivity index (χ0n) is 20.8. The predicted molar refractivity (Wildman–Crippen MR) is 128 cm³/mol. The Bertz CT molecular complexity index is 1210. The first-order valence-corrected chi connectivity index (χ1v) is 11.6. The number of esters is 1. The van der Waals surface area contributed by atoms with Crippen molar-refractivity contribution in [2.45, 2.75) is 30.6 Å². The molecule has 1 fully saturated rings. The normalized spacial score (nSPS) is 31.5. The molecule has 0 saturated heterocycles. The smallest absolute Gasteiger partial charge is 0.338 e. The minimum absolute atomic E-state index is 0.0328. The summed E-state index contributed by atoms with van der Waals surface area (Å²) >= 11 is 0. The maximum Gasteiger partial charge on any atom is 0.338 e. The molecule has 3 aliphatic rings. The van der Waals surface area contributed by atoms with Crippen molar-refractivity contribution < 1.29 is 39.2 Å². The van der Waals surface area contributed by atoms with Crippen LogP contribution in [0.5, 0.6) is 0 Å². The molecule has 36 heavy (non-hydrogen) atoms. The van der Waals surface area contributed by atoms with Crippen molar-refractivity contribution in [3.8, 4) is 0 Å². The number of carbonyl (C=O) groups excluding carboxylic acids is 4. The van der Waals surface area contributed by atoms with Gasteiger partial charge in [0.1, 0.15) is 17.4 Å². The lowest BCUT2D eigenvalue weighted by molar-refractivity contribution is -0.183. The SMILES string of the molecule is COC(=O)c1ccc(N(C)C)c2c1C(=O)C1C(O)[C@]3(O)C(O)=C(C(N)=O)C(=O)[C@@H](N(C)C)[C@@H]3C[C@@H]1C2. The van der Waals surface area contributed by atoms with Gasteiger partial charge in [0.05, 0.1) is 24.6 Å². The topological polar surface area (TPSA) is 171 Å². The number of anilines is 1. The molecule has 194 valence electrons.